The lowest BCUT2D eigenvalue weighted by Crippen LogP contribution is -2.26. The van der Waals surface area contributed by atoms with E-state index in [2.05, 4.69) is 31.0 Å². The molecule has 0 amide bonds. The van der Waals surface area contributed by atoms with E-state index in [1.807, 2.05) is 20.8 Å². The molecule has 0 saturated carbocycles. The molecule has 0 radical (unpaired) electrons. The standard InChI is InChI=1S/C17H19BrFN5O/c1-17(2,3)24-14-12(8-20-24)15(25)22-16(21-14)23(4)9-10-7-11(18)5-6-13(10)19/h5-8H,9H2,1-4H3,(H,21,22,25). The molecule has 25 heavy (non-hydrogen) atoms. The Bertz CT molecular complexity index is 989. The maximum absolute atomic E-state index is 14.0. The van der Waals surface area contributed by atoms with Gasteiger partial charge >= 0.3 is 0 Å². The molecule has 0 aliphatic rings. The molecule has 2 heterocycles. The molecule has 0 unspecified atom stereocenters. The predicted octanol–water partition coefficient (Wildman–Crippen LogP) is 3.41. The maximum Gasteiger partial charge on any atom is 0.263 e. The number of hydrogen-bond donors (Lipinski definition) is 1. The van der Waals surface area contributed by atoms with Crippen LogP contribution >= 0.6 is 15.9 Å². The van der Waals surface area contributed by atoms with Crippen LogP contribution in [0.4, 0.5) is 10.3 Å². The molecule has 2 aromatic heterocycles. The van der Waals surface area contributed by atoms with Gasteiger partial charge in [0, 0.05) is 23.6 Å². The molecular formula is C17H19BrFN5O. The summed E-state index contributed by atoms with van der Waals surface area (Å²) in [6.07, 6.45) is 1.52. The lowest BCUT2D eigenvalue weighted by molar-refractivity contribution is 0.366. The smallest absolute Gasteiger partial charge is 0.263 e. The van der Waals surface area contributed by atoms with Gasteiger partial charge in [0.05, 0.1) is 11.7 Å². The molecule has 3 rings (SSSR count). The first-order valence-electron chi connectivity index (χ1n) is 7.80. The Morgan fingerprint density at radius 1 is 1.36 bits per heavy atom. The van der Waals surface area contributed by atoms with E-state index in [-0.39, 0.29) is 23.5 Å². The van der Waals surface area contributed by atoms with Crippen LogP contribution in [0, 0.1) is 5.82 Å². The van der Waals surface area contributed by atoms with Gasteiger partial charge in [-0.25, -0.2) is 9.07 Å². The van der Waals surface area contributed by atoms with Crippen LogP contribution in [0.5, 0.6) is 0 Å². The topological polar surface area (TPSA) is 66.8 Å². The molecule has 1 N–H and O–H groups in total. The minimum absolute atomic E-state index is 0.267. The highest BCUT2D eigenvalue weighted by Gasteiger charge is 2.20. The zero-order chi connectivity index (χ0) is 18.4. The summed E-state index contributed by atoms with van der Waals surface area (Å²) in [5, 5.41) is 4.72. The van der Waals surface area contributed by atoms with E-state index < -0.39 is 0 Å². The third kappa shape index (κ3) is 3.44. The van der Waals surface area contributed by atoms with Crippen molar-refractivity contribution in [1.29, 1.82) is 0 Å². The molecule has 8 heteroatoms. The Morgan fingerprint density at radius 3 is 2.76 bits per heavy atom. The van der Waals surface area contributed by atoms with Crippen LogP contribution in [0.15, 0.2) is 33.7 Å². The van der Waals surface area contributed by atoms with E-state index in [4.69, 9.17) is 0 Å². The summed E-state index contributed by atoms with van der Waals surface area (Å²) in [7, 11) is 1.75. The van der Waals surface area contributed by atoms with Gasteiger partial charge in [-0.05, 0) is 39.0 Å². The van der Waals surface area contributed by atoms with Crippen molar-refractivity contribution in [2.75, 3.05) is 11.9 Å². The van der Waals surface area contributed by atoms with Crippen LogP contribution in [-0.2, 0) is 12.1 Å². The Labute approximate surface area is 152 Å². The minimum atomic E-state index is -0.311. The molecule has 0 atom stereocenters. The van der Waals surface area contributed by atoms with Crippen molar-refractivity contribution in [1.82, 2.24) is 19.7 Å². The lowest BCUT2D eigenvalue weighted by Gasteiger charge is -2.21. The second-order valence-electron chi connectivity index (χ2n) is 6.95. The summed E-state index contributed by atoms with van der Waals surface area (Å²) in [6.45, 7) is 6.23. The first kappa shape index (κ1) is 17.6. The van der Waals surface area contributed by atoms with E-state index >= 15 is 0 Å². The van der Waals surface area contributed by atoms with Crippen molar-refractivity contribution < 1.29 is 4.39 Å². The first-order chi connectivity index (χ1) is 11.7. The number of fused-ring (bicyclic) bond motifs is 1. The van der Waals surface area contributed by atoms with Crippen molar-refractivity contribution in [2.24, 2.45) is 0 Å². The summed E-state index contributed by atoms with van der Waals surface area (Å²) < 4.78 is 16.5. The number of aromatic amines is 1. The third-order valence-electron chi connectivity index (χ3n) is 3.84. The summed E-state index contributed by atoms with van der Waals surface area (Å²) >= 11 is 3.34. The van der Waals surface area contributed by atoms with E-state index in [1.165, 1.54) is 12.3 Å². The van der Waals surface area contributed by atoms with Crippen molar-refractivity contribution in [3.8, 4) is 0 Å². The molecule has 0 aliphatic carbocycles. The molecule has 132 valence electrons. The minimum Gasteiger partial charge on any atom is -0.341 e. The van der Waals surface area contributed by atoms with E-state index in [1.54, 1.807) is 28.8 Å². The van der Waals surface area contributed by atoms with E-state index in [0.717, 1.165) is 4.47 Å². The molecule has 6 nitrogen and oxygen atoms in total. The average Bonchev–Trinajstić information content (AvgIpc) is 2.95. The second-order valence-corrected chi connectivity index (χ2v) is 7.86. The highest BCUT2D eigenvalue weighted by Crippen LogP contribution is 2.21. The van der Waals surface area contributed by atoms with E-state index in [9.17, 15) is 9.18 Å². The number of hydrogen-bond acceptors (Lipinski definition) is 4. The lowest BCUT2D eigenvalue weighted by atomic mass is 10.1. The number of halogens is 2. The van der Waals surface area contributed by atoms with E-state index in [0.29, 0.717) is 22.5 Å². The zero-order valence-corrected chi connectivity index (χ0v) is 16.1. The largest absolute Gasteiger partial charge is 0.341 e. The molecule has 0 fully saturated rings. The third-order valence-corrected chi connectivity index (χ3v) is 4.33. The molecule has 0 saturated heterocycles. The Kier molecular flexibility index (Phi) is 4.40. The number of aromatic nitrogens is 4. The summed E-state index contributed by atoms with van der Waals surface area (Å²) in [5.74, 6) is 0.0566. The predicted molar refractivity (Wildman–Crippen MR) is 99.4 cm³/mol. The van der Waals surface area contributed by atoms with Crippen LogP contribution in [-0.4, -0.2) is 26.8 Å². The fourth-order valence-electron chi connectivity index (χ4n) is 2.57. The zero-order valence-electron chi connectivity index (χ0n) is 14.5. The molecule has 3 aromatic rings. The molecule has 1 aromatic carbocycles. The Balaban J connectivity index is 2.03. The summed E-state index contributed by atoms with van der Waals surface area (Å²) in [5.41, 5.74) is 0.434. The van der Waals surface area contributed by atoms with Gasteiger partial charge < -0.3 is 4.90 Å². The Hall–Kier alpha value is -2.22. The highest BCUT2D eigenvalue weighted by molar-refractivity contribution is 9.10. The van der Waals surface area contributed by atoms with Crippen LogP contribution in [0.3, 0.4) is 0 Å². The monoisotopic (exact) mass is 407 g/mol. The normalized spacial score (nSPS) is 11.9. The number of rotatable bonds is 3. The number of anilines is 1. The summed E-state index contributed by atoms with van der Waals surface area (Å²) in [4.78, 5) is 21.3. The van der Waals surface area contributed by atoms with Gasteiger partial charge in [0.2, 0.25) is 5.95 Å². The molecule has 0 bridgehead atoms. The van der Waals surface area contributed by atoms with Crippen LogP contribution < -0.4 is 10.5 Å². The van der Waals surface area contributed by atoms with Gasteiger partial charge in [0.25, 0.3) is 5.56 Å². The van der Waals surface area contributed by atoms with Crippen molar-refractivity contribution in [3.05, 3.63) is 50.6 Å². The maximum atomic E-state index is 14.0. The fourth-order valence-corrected chi connectivity index (χ4v) is 2.98. The number of benzene rings is 1. The quantitative estimate of drug-likeness (QED) is 0.722. The van der Waals surface area contributed by atoms with Gasteiger partial charge in [0.1, 0.15) is 11.2 Å². The average molecular weight is 408 g/mol. The number of H-pyrrole nitrogens is 1. The van der Waals surface area contributed by atoms with Crippen LogP contribution in [0.1, 0.15) is 26.3 Å². The molecule has 0 aliphatic heterocycles. The van der Waals surface area contributed by atoms with Crippen molar-refractivity contribution in [2.45, 2.75) is 32.9 Å². The highest BCUT2D eigenvalue weighted by atomic mass is 79.9. The summed E-state index contributed by atoms with van der Waals surface area (Å²) in [6, 6.07) is 4.76. The SMILES string of the molecule is CN(Cc1cc(Br)ccc1F)c1nc2c(cnn2C(C)(C)C)c(=O)[nH]1. The number of nitrogens with one attached hydrogen (secondary N) is 1. The van der Waals surface area contributed by atoms with Gasteiger partial charge in [-0.15, -0.1) is 0 Å². The van der Waals surface area contributed by atoms with Gasteiger partial charge in [0.15, 0.2) is 5.65 Å². The van der Waals surface area contributed by atoms with Gasteiger partial charge in [-0.3, -0.25) is 9.78 Å². The van der Waals surface area contributed by atoms with Gasteiger partial charge in [-0.2, -0.15) is 10.1 Å². The molecule has 0 spiro atoms. The fraction of sp³-hybridized carbons (Fsp3) is 0.353. The number of nitrogens with zero attached hydrogens (tertiary/aromatic N) is 4. The van der Waals surface area contributed by atoms with Crippen LogP contribution in [0.2, 0.25) is 0 Å². The van der Waals surface area contributed by atoms with Crippen LogP contribution in [0.25, 0.3) is 11.0 Å². The van der Waals surface area contributed by atoms with Crippen molar-refractivity contribution in [3.63, 3.8) is 0 Å². The van der Waals surface area contributed by atoms with Gasteiger partial charge in [-0.1, -0.05) is 15.9 Å². The second kappa shape index (κ2) is 6.25. The van der Waals surface area contributed by atoms with Crippen molar-refractivity contribution >= 4 is 32.9 Å². The Morgan fingerprint density at radius 2 is 2.08 bits per heavy atom. The molecular weight excluding hydrogens is 389 g/mol. The first-order valence-corrected chi connectivity index (χ1v) is 8.60.